The molecule has 0 aliphatic carbocycles. The Morgan fingerprint density at radius 3 is 2.33 bits per heavy atom. The largest absolute Gasteiger partial charge is 0.305 e. The minimum atomic E-state index is 1.05. The summed E-state index contributed by atoms with van der Waals surface area (Å²) < 4.78 is 0. The first-order chi connectivity index (χ1) is 5.85. The Kier molecular flexibility index (Phi) is 8.95. The number of nitrogens with zero attached hydrogens (tertiary/aromatic N) is 1. The molecule has 0 saturated heterocycles. The molecule has 1 N–H and O–H groups in total. The quantitative estimate of drug-likeness (QED) is 0.445. The first-order valence-electron chi connectivity index (χ1n) is 5.28. The highest BCUT2D eigenvalue weighted by molar-refractivity contribution is 4.53. The summed E-state index contributed by atoms with van der Waals surface area (Å²) in [7, 11) is 0. The van der Waals surface area contributed by atoms with Gasteiger partial charge in [-0.3, -0.25) is 4.90 Å². The molecule has 0 aliphatic rings. The zero-order valence-electron chi connectivity index (χ0n) is 8.90. The molecule has 0 bridgehead atoms. The molecule has 0 atom stereocenters. The molecule has 0 aromatic heterocycles. The van der Waals surface area contributed by atoms with Gasteiger partial charge in [0, 0.05) is 6.67 Å². The summed E-state index contributed by atoms with van der Waals surface area (Å²) in [5, 5.41) is 3.35. The summed E-state index contributed by atoms with van der Waals surface area (Å²) >= 11 is 0. The van der Waals surface area contributed by atoms with E-state index < -0.39 is 0 Å². The van der Waals surface area contributed by atoms with E-state index in [9.17, 15) is 0 Å². The third-order valence-corrected chi connectivity index (χ3v) is 2.11. The molecule has 0 amide bonds. The fraction of sp³-hybridized carbons (Fsp3) is 1.00. The van der Waals surface area contributed by atoms with Gasteiger partial charge in [0.2, 0.25) is 0 Å². The Hall–Kier alpha value is -0.0800. The molecule has 0 heterocycles. The lowest BCUT2D eigenvalue weighted by Crippen LogP contribution is -2.34. The van der Waals surface area contributed by atoms with Gasteiger partial charge in [-0.25, -0.2) is 0 Å². The lowest BCUT2D eigenvalue weighted by atomic mass is 10.2. The molecule has 2 heteroatoms. The number of nitrogens with one attached hydrogen (secondary N) is 1. The van der Waals surface area contributed by atoms with Crippen LogP contribution in [0.3, 0.4) is 0 Å². The topological polar surface area (TPSA) is 15.3 Å². The summed E-state index contributed by atoms with van der Waals surface area (Å²) in [5.41, 5.74) is 0. The summed E-state index contributed by atoms with van der Waals surface area (Å²) in [6.07, 6.45) is 4.02. The van der Waals surface area contributed by atoms with Crippen LogP contribution in [0, 0.1) is 0 Å². The minimum absolute atomic E-state index is 1.05. The van der Waals surface area contributed by atoms with Crippen molar-refractivity contribution < 1.29 is 0 Å². The van der Waals surface area contributed by atoms with E-state index in [-0.39, 0.29) is 0 Å². The van der Waals surface area contributed by atoms with Crippen molar-refractivity contribution in [1.82, 2.24) is 10.2 Å². The lowest BCUT2D eigenvalue weighted by molar-refractivity contribution is 0.262. The molecule has 12 heavy (non-hydrogen) atoms. The zero-order chi connectivity index (χ0) is 9.23. The Bertz CT molecular complexity index is 83.9. The van der Waals surface area contributed by atoms with Gasteiger partial charge in [0.05, 0.1) is 0 Å². The van der Waals surface area contributed by atoms with Crippen molar-refractivity contribution in [3.05, 3.63) is 0 Å². The van der Waals surface area contributed by atoms with Gasteiger partial charge in [0.25, 0.3) is 0 Å². The highest BCUT2D eigenvalue weighted by Gasteiger charge is 1.98. The van der Waals surface area contributed by atoms with Crippen LogP contribution in [0.25, 0.3) is 0 Å². The maximum atomic E-state index is 3.35. The van der Waals surface area contributed by atoms with Gasteiger partial charge in [0.1, 0.15) is 0 Å². The van der Waals surface area contributed by atoms with Crippen LogP contribution in [0.1, 0.15) is 40.0 Å². The van der Waals surface area contributed by atoms with Gasteiger partial charge in [-0.1, -0.05) is 33.6 Å². The lowest BCUT2D eigenvalue weighted by Gasteiger charge is -2.20. The predicted octanol–water partition coefficient (Wildman–Crippen LogP) is 2.07. The third kappa shape index (κ3) is 6.62. The molecule has 74 valence electrons. The van der Waals surface area contributed by atoms with E-state index in [4.69, 9.17) is 0 Å². The maximum Gasteiger partial charge on any atom is 0.0480 e. The van der Waals surface area contributed by atoms with Crippen LogP contribution in [0.2, 0.25) is 0 Å². The number of rotatable bonds is 8. The van der Waals surface area contributed by atoms with Crippen molar-refractivity contribution in [2.24, 2.45) is 0 Å². The molecule has 0 aliphatic heterocycles. The molecule has 0 fully saturated rings. The van der Waals surface area contributed by atoms with Gasteiger partial charge < -0.3 is 5.32 Å². The average molecular weight is 172 g/mol. The summed E-state index contributed by atoms with van der Waals surface area (Å²) in [6.45, 7) is 11.2. The fourth-order valence-electron chi connectivity index (χ4n) is 1.20. The van der Waals surface area contributed by atoms with Gasteiger partial charge >= 0.3 is 0 Å². The molecule has 2 nitrogen and oxygen atoms in total. The van der Waals surface area contributed by atoms with Crippen LogP contribution in [0.15, 0.2) is 0 Å². The fourth-order valence-corrected chi connectivity index (χ4v) is 1.20. The number of hydrogen-bond donors (Lipinski definition) is 1. The van der Waals surface area contributed by atoms with Crippen LogP contribution in [-0.2, 0) is 0 Å². The average Bonchev–Trinajstić information content (AvgIpc) is 2.11. The normalized spacial score (nSPS) is 11.0. The van der Waals surface area contributed by atoms with E-state index in [1.54, 1.807) is 0 Å². The van der Waals surface area contributed by atoms with E-state index in [1.807, 2.05) is 0 Å². The van der Waals surface area contributed by atoms with Crippen LogP contribution < -0.4 is 5.32 Å². The number of hydrogen-bond acceptors (Lipinski definition) is 2. The van der Waals surface area contributed by atoms with Gasteiger partial charge in [-0.05, 0) is 26.1 Å². The van der Waals surface area contributed by atoms with Crippen LogP contribution in [0.4, 0.5) is 0 Å². The Morgan fingerprint density at radius 2 is 1.83 bits per heavy atom. The van der Waals surface area contributed by atoms with Crippen molar-refractivity contribution in [2.75, 3.05) is 26.3 Å². The first-order valence-corrected chi connectivity index (χ1v) is 5.28. The van der Waals surface area contributed by atoms with Crippen molar-refractivity contribution in [3.63, 3.8) is 0 Å². The maximum absolute atomic E-state index is 3.35. The molecule has 0 radical (unpaired) electrons. The van der Waals surface area contributed by atoms with E-state index in [1.165, 1.54) is 25.8 Å². The van der Waals surface area contributed by atoms with Crippen molar-refractivity contribution in [1.29, 1.82) is 0 Å². The predicted molar refractivity (Wildman–Crippen MR) is 55.3 cm³/mol. The van der Waals surface area contributed by atoms with E-state index in [2.05, 4.69) is 31.0 Å². The second-order valence-corrected chi connectivity index (χ2v) is 3.18. The minimum Gasteiger partial charge on any atom is -0.305 e. The van der Waals surface area contributed by atoms with E-state index in [0.717, 1.165) is 19.8 Å². The molecular formula is C10H24N2. The van der Waals surface area contributed by atoms with Crippen molar-refractivity contribution in [2.45, 2.75) is 40.0 Å². The van der Waals surface area contributed by atoms with Crippen LogP contribution >= 0.6 is 0 Å². The summed E-state index contributed by atoms with van der Waals surface area (Å²) in [6, 6.07) is 0. The Balaban J connectivity index is 3.26. The molecule has 0 saturated carbocycles. The van der Waals surface area contributed by atoms with Gasteiger partial charge in [-0.2, -0.15) is 0 Å². The smallest absolute Gasteiger partial charge is 0.0480 e. The monoisotopic (exact) mass is 172 g/mol. The standard InChI is InChI=1S/C10H24N2/c1-4-7-8-9-12(6-3)10-11-5-2/h11H,4-10H2,1-3H3. The SMILES string of the molecule is CCCCCN(CC)CNCC. The van der Waals surface area contributed by atoms with Crippen LogP contribution in [-0.4, -0.2) is 31.2 Å². The molecule has 0 aromatic rings. The van der Waals surface area contributed by atoms with Crippen molar-refractivity contribution >= 4 is 0 Å². The number of unbranched alkanes of at least 4 members (excludes halogenated alkanes) is 2. The van der Waals surface area contributed by atoms with E-state index in [0.29, 0.717) is 0 Å². The molecule has 0 aromatic carbocycles. The first kappa shape index (κ1) is 11.9. The van der Waals surface area contributed by atoms with Crippen LogP contribution in [0.5, 0.6) is 0 Å². The molecule has 0 unspecified atom stereocenters. The highest BCUT2D eigenvalue weighted by atomic mass is 15.2. The Labute approximate surface area is 77.3 Å². The van der Waals surface area contributed by atoms with Crippen molar-refractivity contribution in [3.8, 4) is 0 Å². The summed E-state index contributed by atoms with van der Waals surface area (Å²) in [5.74, 6) is 0. The second-order valence-electron chi connectivity index (χ2n) is 3.18. The van der Waals surface area contributed by atoms with E-state index >= 15 is 0 Å². The molecular weight excluding hydrogens is 148 g/mol. The highest BCUT2D eigenvalue weighted by Crippen LogP contribution is 1.96. The zero-order valence-corrected chi connectivity index (χ0v) is 8.90. The third-order valence-electron chi connectivity index (χ3n) is 2.11. The molecule has 0 spiro atoms. The Morgan fingerprint density at radius 1 is 1.08 bits per heavy atom. The van der Waals surface area contributed by atoms with Gasteiger partial charge in [-0.15, -0.1) is 0 Å². The second kappa shape index (κ2) is 9.01. The summed E-state index contributed by atoms with van der Waals surface area (Å²) in [4.78, 5) is 2.46. The van der Waals surface area contributed by atoms with Gasteiger partial charge in [0.15, 0.2) is 0 Å². The molecule has 0 rings (SSSR count).